The minimum absolute atomic E-state index is 0.283. The molecule has 0 atom stereocenters. The first-order valence-electron chi connectivity index (χ1n) is 6.98. The van der Waals surface area contributed by atoms with Crippen LogP contribution in [0.5, 0.6) is 0 Å². The monoisotopic (exact) mass is 226 g/mol. The van der Waals surface area contributed by atoms with E-state index < -0.39 is 0 Å². The summed E-state index contributed by atoms with van der Waals surface area (Å²) in [7, 11) is 0. The Hall–Kier alpha value is -0.0800. The molecule has 1 aliphatic heterocycles. The molecule has 0 aromatic heterocycles. The van der Waals surface area contributed by atoms with Crippen LogP contribution in [0.4, 0.5) is 0 Å². The molecule has 1 heterocycles. The van der Waals surface area contributed by atoms with Crippen molar-refractivity contribution < 1.29 is 0 Å². The number of rotatable bonds is 5. The number of likely N-dealkylation sites (tertiary alicyclic amines) is 1. The fourth-order valence-corrected chi connectivity index (χ4v) is 2.45. The third kappa shape index (κ3) is 5.86. The highest BCUT2D eigenvalue weighted by molar-refractivity contribution is 4.73. The van der Waals surface area contributed by atoms with E-state index in [4.69, 9.17) is 0 Å². The van der Waals surface area contributed by atoms with Crippen molar-refractivity contribution in [3.05, 3.63) is 0 Å². The van der Waals surface area contributed by atoms with Gasteiger partial charge in [-0.05, 0) is 78.6 Å². The molecule has 1 aliphatic rings. The second kappa shape index (κ2) is 6.61. The lowest BCUT2D eigenvalue weighted by atomic mass is 9.92. The van der Waals surface area contributed by atoms with Crippen LogP contribution in [0, 0.1) is 5.92 Å². The van der Waals surface area contributed by atoms with Crippen LogP contribution in [0.25, 0.3) is 0 Å². The summed E-state index contributed by atoms with van der Waals surface area (Å²) in [6.45, 7) is 14.1. The first-order chi connectivity index (χ1) is 7.51. The van der Waals surface area contributed by atoms with Gasteiger partial charge in [0.05, 0.1) is 0 Å². The van der Waals surface area contributed by atoms with Gasteiger partial charge in [-0.2, -0.15) is 0 Å². The number of nitrogens with zero attached hydrogens (tertiary/aromatic N) is 1. The van der Waals surface area contributed by atoms with Crippen molar-refractivity contribution >= 4 is 0 Å². The molecule has 1 fully saturated rings. The minimum Gasteiger partial charge on any atom is -0.312 e. The van der Waals surface area contributed by atoms with E-state index in [1.165, 1.54) is 51.9 Å². The molecule has 0 aromatic rings. The maximum Gasteiger partial charge on any atom is 0.00965 e. The Balaban J connectivity index is 2.02. The summed E-state index contributed by atoms with van der Waals surface area (Å²) >= 11 is 0. The van der Waals surface area contributed by atoms with Gasteiger partial charge in [0.15, 0.2) is 0 Å². The summed E-state index contributed by atoms with van der Waals surface area (Å²) in [5, 5.41) is 3.57. The van der Waals surface area contributed by atoms with Gasteiger partial charge < -0.3 is 10.2 Å². The van der Waals surface area contributed by atoms with Gasteiger partial charge in [-0.25, -0.2) is 0 Å². The van der Waals surface area contributed by atoms with E-state index in [2.05, 4.69) is 37.9 Å². The van der Waals surface area contributed by atoms with E-state index in [0.29, 0.717) is 0 Å². The van der Waals surface area contributed by atoms with Gasteiger partial charge >= 0.3 is 0 Å². The minimum atomic E-state index is 0.283. The Morgan fingerprint density at radius 2 is 1.81 bits per heavy atom. The van der Waals surface area contributed by atoms with Gasteiger partial charge in [-0.1, -0.05) is 6.92 Å². The van der Waals surface area contributed by atoms with E-state index in [-0.39, 0.29) is 5.54 Å². The average molecular weight is 226 g/mol. The Kier molecular flexibility index (Phi) is 5.77. The van der Waals surface area contributed by atoms with E-state index in [1.54, 1.807) is 0 Å². The predicted octanol–water partition coefficient (Wildman–Crippen LogP) is 2.89. The lowest BCUT2D eigenvalue weighted by molar-refractivity contribution is 0.184. The SMILES string of the molecule is CCN1CCC(CCCNC(C)(C)C)CC1. The molecule has 1 N–H and O–H groups in total. The largest absolute Gasteiger partial charge is 0.312 e. The van der Waals surface area contributed by atoms with Crippen molar-refractivity contribution in [2.75, 3.05) is 26.2 Å². The lowest BCUT2D eigenvalue weighted by Crippen LogP contribution is -2.37. The van der Waals surface area contributed by atoms with Gasteiger partial charge in [0.25, 0.3) is 0 Å². The maximum absolute atomic E-state index is 3.57. The molecule has 0 unspecified atom stereocenters. The molecule has 0 spiro atoms. The van der Waals surface area contributed by atoms with Gasteiger partial charge in [0.2, 0.25) is 0 Å². The third-order valence-electron chi connectivity index (χ3n) is 3.60. The molecular weight excluding hydrogens is 196 g/mol. The highest BCUT2D eigenvalue weighted by Gasteiger charge is 2.17. The summed E-state index contributed by atoms with van der Waals surface area (Å²) < 4.78 is 0. The predicted molar refractivity (Wildman–Crippen MR) is 71.8 cm³/mol. The zero-order chi connectivity index (χ0) is 12.0. The molecule has 2 heteroatoms. The molecule has 1 saturated heterocycles. The van der Waals surface area contributed by atoms with E-state index in [9.17, 15) is 0 Å². The molecular formula is C14H30N2. The fourth-order valence-electron chi connectivity index (χ4n) is 2.45. The van der Waals surface area contributed by atoms with Crippen molar-refractivity contribution in [1.82, 2.24) is 10.2 Å². The Bertz CT molecular complexity index is 176. The van der Waals surface area contributed by atoms with E-state index in [0.717, 1.165) is 5.92 Å². The third-order valence-corrected chi connectivity index (χ3v) is 3.60. The quantitative estimate of drug-likeness (QED) is 0.725. The van der Waals surface area contributed by atoms with Gasteiger partial charge in [0.1, 0.15) is 0 Å². The summed E-state index contributed by atoms with van der Waals surface area (Å²) in [5.41, 5.74) is 0.283. The summed E-state index contributed by atoms with van der Waals surface area (Å²) in [5.74, 6) is 0.990. The smallest absolute Gasteiger partial charge is 0.00965 e. The molecule has 16 heavy (non-hydrogen) atoms. The molecule has 0 saturated carbocycles. The molecule has 1 rings (SSSR count). The van der Waals surface area contributed by atoms with E-state index in [1.807, 2.05) is 0 Å². The van der Waals surface area contributed by atoms with Crippen molar-refractivity contribution in [1.29, 1.82) is 0 Å². The van der Waals surface area contributed by atoms with Crippen molar-refractivity contribution in [2.45, 2.75) is 58.9 Å². The molecule has 0 radical (unpaired) electrons. The first kappa shape index (κ1) is 14.0. The van der Waals surface area contributed by atoms with Crippen molar-refractivity contribution in [2.24, 2.45) is 5.92 Å². The van der Waals surface area contributed by atoms with Crippen LogP contribution in [0.2, 0.25) is 0 Å². The molecule has 2 nitrogen and oxygen atoms in total. The molecule has 0 bridgehead atoms. The summed E-state index contributed by atoms with van der Waals surface area (Å²) in [4.78, 5) is 2.57. The highest BCUT2D eigenvalue weighted by Crippen LogP contribution is 2.21. The number of nitrogens with one attached hydrogen (secondary N) is 1. The van der Waals surface area contributed by atoms with Crippen LogP contribution in [0.1, 0.15) is 53.4 Å². The maximum atomic E-state index is 3.57. The van der Waals surface area contributed by atoms with Crippen LogP contribution in [0.15, 0.2) is 0 Å². The molecule has 0 aliphatic carbocycles. The van der Waals surface area contributed by atoms with Crippen LogP contribution in [0.3, 0.4) is 0 Å². The van der Waals surface area contributed by atoms with Crippen LogP contribution in [-0.2, 0) is 0 Å². The molecule has 0 amide bonds. The second-order valence-electron chi connectivity index (χ2n) is 6.20. The van der Waals surface area contributed by atoms with Crippen LogP contribution >= 0.6 is 0 Å². The van der Waals surface area contributed by atoms with E-state index >= 15 is 0 Å². The number of piperidine rings is 1. The Labute approximate surface area is 102 Å². The number of hydrogen-bond acceptors (Lipinski definition) is 2. The van der Waals surface area contributed by atoms with Gasteiger partial charge in [-0.3, -0.25) is 0 Å². The summed E-state index contributed by atoms with van der Waals surface area (Å²) in [6.07, 6.45) is 5.60. The summed E-state index contributed by atoms with van der Waals surface area (Å²) in [6, 6.07) is 0. The van der Waals surface area contributed by atoms with Crippen molar-refractivity contribution in [3.8, 4) is 0 Å². The zero-order valence-corrected chi connectivity index (χ0v) is 11.7. The molecule has 96 valence electrons. The first-order valence-corrected chi connectivity index (χ1v) is 6.98. The normalized spacial score (nSPS) is 20.2. The fraction of sp³-hybridized carbons (Fsp3) is 1.00. The topological polar surface area (TPSA) is 15.3 Å². The van der Waals surface area contributed by atoms with Crippen LogP contribution in [-0.4, -0.2) is 36.6 Å². The highest BCUT2D eigenvalue weighted by atomic mass is 15.1. The standard InChI is InChI=1S/C14H30N2/c1-5-16-11-8-13(9-12-16)7-6-10-15-14(2,3)4/h13,15H,5-12H2,1-4H3. The molecule has 0 aromatic carbocycles. The zero-order valence-electron chi connectivity index (χ0n) is 11.7. The Morgan fingerprint density at radius 1 is 1.19 bits per heavy atom. The number of hydrogen-bond donors (Lipinski definition) is 1. The average Bonchev–Trinajstić information content (AvgIpc) is 2.24. The van der Waals surface area contributed by atoms with Crippen molar-refractivity contribution in [3.63, 3.8) is 0 Å². The lowest BCUT2D eigenvalue weighted by Gasteiger charge is -2.31. The van der Waals surface area contributed by atoms with Gasteiger partial charge in [-0.15, -0.1) is 0 Å². The second-order valence-corrected chi connectivity index (χ2v) is 6.20. The van der Waals surface area contributed by atoms with Crippen LogP contribution < -0.4 is 5.32 Å². The Morgan fingerprint density at radius 3 is 2.31 bits per heavy atom. The van der Waals surface area contributed by atoms with Gasteiger partial charge in [0, 0.05) is 5.54 Å².